The lowest BCUT2D eigenvalue weighted by atomic mass is 9.85. The zero-order valence-corrected chi connectivity index (χ0v) is 31.4. The Morgan fingerprint density at radius 3 is 1.69 bits per heavy atom. The molecule has 3 atom stereocenters. The highest BCUT2D eigenvalue weighted by atomic mass is 16.8. The summed E-state index contributed by atoms with van der Waals surface area (Å²) in [5.41, 5.74) is 6.24. The number of hydroxylamine groups is 2. The molecule has 5 rings (SSSR count). The predicted octanol–water partition coefficient (Wildman–Crippen LogP) is 9.23. The van der Waals surface area contributed by atoms with Crippen LogP contribution in [0.2, 0.25) is 0 Å². The lowest BCUT2D eigenvalue weighted by Crippen LogP contribution is -2.53. The van der Waals surface area contributed by atoms with Gasteiger partial charge < -0.3 is 28.5 Å². The molecular formula is C44H55NO7. The van der Waals surface area contributed by atoms with Crippen molar-refractivity contribution in [3.8, 4) is 5.75 Å². The zero-order valence-electron chi connectivity index (χ0n) is 31.4. The summed E-state index contributed by atoms with van der Waals surface area (Å²) >= 11 is 0. The Labute approximate surface area is 309 Å². The molecule has 8 nitrogen and oxygen atoms in total. The molecule has 278 valence electrons. The van der Waals surface area contributed by atoms with E-state index in [2.05, 4.69) is 86.6 Å². The molecule has 0 radical (unpaired) electrons. The van der Waals surface area contributed by atoms with Gasteiger partial charge in [-0.15, -0.1) is 5.06 Å². The number of carbonyl (C=O) groups excluding carboxylic acids is 1. The van der Waals surface area contributed by atoms with Crippen molar-refractivity contribution in [3.63, 3.8) is 0 Å². The van der Waals surface area contributed by atoms with Gasteiger partial charge in [0.25, 0.3) is 0 Å². The highest BCUT2D eigenvalue weighted by molar-refractivity contribution is 5.60. The largest absolute Gasteiger partial charge is 0.528 e. The molecule has 52 heavy (non-hydrogen) atoms. The number of nitrogens with zero attached hydrogens (tertiary/aromatic N) is 1. The Balaban J connectivity index is 1.31. The average molecular weight is 710 g/mol. The molecule has 1 heterocycles. The summed E-state index contributed by atoms with van der Waals surface area (Å²) in [6, 6.07) is 35.4. The molecule has 0 N–H and O–H groups in total. The number of hydrogen-bond acceptors (Lipinski definition) is 8. The van der Waals surface area contributed by atoms with E-state index in [9.17, 15) is 4.79 Å². The predicted molar refractivity (Wildman–Crippen MR) is 203 cm³/mol. The van der Waals surface area contributed by atoms with Crippen molar-refractivity contribution in [1.82, 2.24) is 5.06 Å². The number of carbonyl (C=O) groups is 1. The minimum atomic E-state index is -0.749. The van der Waals surface area contributed by atoms with Gasteiger partial charge in [0.1, 0.15) is 11.4 Å². The van der Waals surface area contributed by atoms with E-state index >= 15 is 0 Å². The van der Waals surface area contributed by atoms with Crippen molar-refractivity contribution in [2.75, 3.05) is 26.3 Å². The van der Waals surface area contributed by atoms with Crippen molar-refractivity contribution in [3.05, 3.63) is 137 Å². The number of piperidine rings is 1. The number of aryl methyl sites for hydroxylation is 2. The Hall–Kier alpha value is -4.21. The molecule has 0 spiro atoms. The highest BCUT2D eigenvalue weighted by Gasteiger charge is 2.41. The fourth-order valence-corrected chi connectivity index (χ4v) is 6.18. The van der Waals surface area contributed by atoms with E-state index in [0.717, 1.165) is 47.3 Å². The first-order valence-corrected chi connectivity index (χ1v) is 18.6. The molecule has 4 aromatic rings. The molecule has 4 aromatic carbocycles. The van der Waals surface area contributed by atoms with E-state index in [-0.39, 0.29) is 18.1 Å². The lowest BCUT2D eigenvalue weighted by molar-refractivity contribution is -0.209. The van der Waals surface area contributed by atoms with Crippen molar-refractivity contribution in [2.45, 2.75) is 97.4 Å². The summed E-state index contributed by atoms with van der Waals surface area (Å²) in [5, 5.41) is 1.62. The van der Waals surface area contributed by atoms with Gasteiger partial charge in [-0.25, -0.2) is 4.79 Å². The second-order valence-corrected chi connectivity index (χ2v) is 14.3. The third-order valence-electron chi connectivity index (χ3n) is 9.03. The fourth-order valence-electron chi connectivity index (χ4n) is 6.18. The minimum absolute atomic E-state index is 0.149. The van der Waals surface area contributed by atoms with Crippen LogP contribution in [0, 0.1) is 0 Å². The summed E-state index contributed by atoms with van der Waals surface area (Å²) < 4.78 is 30.8. The molecule has 1 saturated heterocycles. The van der Waals surface area contributed by atoms with Gasteiger partial charge in [0.05, 0.1) is 58.3 Å². The standard InChI is InChI=1S/C44H55NO7/c1-6-33-14-18-36(19-15-33)31-49-40-28-45(52-43(46)51-44(3,4)5)29-41(50-32-37-20-16-34(7-2)17-21-37)42(40)38-22-24-39(25-23-38)48-27-11-26-47-30-35-12-9-8-10-13-35/h8-10,12-25,40-42H,6-7,11,26-32H2,1-5H3/t40-,41+,42-. The van der Waals surface area contributed by atoms with Gasteiger partial charge >= 0.3 is 6.16 Å². The molecule has 0 saturated carbocycles. The fraction of sp³-hybridized carbons (Fsp3) is 0.432. The number of hydrogen-bond donors (Lipinski definition) is 0. The second-order valence-electron chi connectivity index (χ2n) is 14.3. The SMILES string of the molecule is CCc1ccc(CO[C@H]2CN(OC(=O)OC(C)(C)C)C[C@@H](OCc3ccc(CC)cc3)[C@H]2c2ccc(OCCCOCc3ccccc3)cc2)cc1. The Kier molecular flexibility index (Phi) is 14.7. The summed E-state index contributed by atoms with van der Waals surface area (Å²) in [4.78, 5) is 18.6. The van der Waals surface area contributed by atoms with Gasteiger partial charge in [-0.05, 0) is 79.1 Å². The van der Waals surface area contributed by atoms with Crippen LogP contribution in [0.4, 0.5) is 4.79 Å². The van der Waals surface area contributed by atoms with Gasteiger partial charge in [0.15, 0.2) is 0 Å². The average Bonchev–Trinajstić information content (AvgIpc) is 3.14. The van der Waals surface area contributed by atoms with Crippen LogP contribution in [-0.4, -0.2) is 55.3 Å². The second kappa shape index (κ2) is 19.6. The number of ether oxygens (including phenoxy) is 5. The maximum absolute atomic E-state index is 12.8. The van der Waals surface area contributed by atoms with E-state index in [1.807, 2.05) is 51.1 Å². The van der Waals surface area contributed by atoms with Crippen LogP contribution in [0.25, 0.3) is 0 Å². The van der Waals surface area contributed by atoms with Gasteiger partial charge in [0, 0.05) is 12.3 Å². The third kappa shape index (κ3) is 12.5. The molecule has 0 aliphatic carbocycles. The molecule has 0 unspecified atom stereocenters. The minimum Gasteiger partial charge on any atom is -0.494 e. The van der Waals surface area contributed by atoms with Crippen LogP contribution < -0.4 is 4.74 Å². The third-order valence-corrected chi connectivity index (χ3v) is 9.03. The molecule has 0 bridgehead atoms. The van der Waals surface area contributed by atoms with Crippen molar-refractivity contribution < 1.29 is 33.3 Å². The van der Waals surface area contributed by atoms with Crippen molar-refractivity contribution in [2.24, 2.45) is 0 Å². The normalized spacial score (nSPS) is 17.8. The first kappa shape index (κ1) is 39.0. The number of rotatable bonds is 17. The van der Waals surface area contributed by atoms with E-state index in [4.69, 9.17) is 28.5 Å². The van der Waals surface area contributed by atoms with E-state index in [0.29, 0.717) is 46.1 Å². The Bertz CT molecular complexity index is 1560. The van der Waals surface area contributed by atoms with E-state index in [1.54, 1.807) is 5.06 Å². The van der Waals surface area contributed by atoms with E-state index in [1.165, 1.54) is 11.1 Å². The van der Waals surface area contributed by atoms with Gasteiger partial charge in [-0.1, -0.05) is 105 Å². The van der Waals surface area contributed by atoms with Crippen LogP contribution >= 0.6 is 0 Å². The first-order chi connectivity index (χ1) is 25.2. The topological polar surface area (TPSA) is 75.7 Å². The lowest BCUT2D eigenvalue weighted by Gasteiger charge is -2.42. The molecule has 0 amide bonds. The zero-order chi connectivity index (χ0) is 36.8. The van der Waals surface area contributed by atoms with Crippen LogP contribution in [0.1, 0.15) is 80.3 Å². The van der Waals surface area contributed by atoms with Gasteiger partial charge in [-0.3, -0.25) is 0 Å². The van der Waals surface area contributed by atoms with Crippen molar-refractivity contribution in [1.29, 1.82) is 0 Å². The Morgan fingerprint density at radius 2 is 1.17 bits per heavy atom. The molecular weight excluding hydrogens is 654 g/mol. The molecule has 1 fully saturated rings. The van der Waals surface area contributed by atoms with Crippen LogP contribution in [0.5, 0.6) is 5.75 Å². The molecule has 8 heteroatoms. The maximum atomic E-state index is 12.8. The van der Waals surface area contributed by atoms with E-state index < -0.39 is 11.8 Å². The van der Waals surface area contributed by atoms with Crippen molar-refractivity contribution >= 4 is 6.16 Å². The first-order valence-electron chi connectivity index (χ1n) is 18.6. The quantitative estimate of drug-likeness (QED) is 0.0794. The summed E-state index contributed by atoms with van der Waals surface area (Å²) in [6.45, 7) is 13.0. The monoisotopic (exact) mass is 709 g/mol. The summed E-state index contributed by atoms with van der Waals surface area (Å²) in [5.74, 6) is 0.642. The Morgan fingerprint density at radius 1 is 0.654 bits per heavy atom. The summed E-state index contributed by atoms with van der Waals surface area (Å²) in [6.07, 6.45) is 1.27. The smallest absolute Gasteiger partial charge is 0.494 e. The molecule has 1 aliphatic rings. The van der Waals surface area contributed by atoms with Crippen LogP contribution in [0.3, 0.4) is 0 Å². The van der Waals surface area contributed by atoms with Crippen LogP contribution in [-0.2, 0) is 56.4 Å². The number of benzene rings is 4. The summed E-state index contributed by atoms with van der Waals surface area (Å²) in [7, 11) is 0. The van der Waals surface area contributed by atoms with Crippen LogP contribution in [0.15, 0.2) is 103 Å². The highest BCUT2D eigenvalue weighted by Crippen LogP contribution is 2.35. The molecule has 1 aliphatic heterocycles. The maximum Gasteiger partial charge on any atom is 0.528 e. The van der Waals surface area contributed by atoms with Gasteiger partial charge in [-0.2, -0.15) is 0 Å². The van der Waals surface area contributed by atoms with Gasteiger partial charge in [0.2, 0.25) is 0 Å². The molecule has 0 aromatic heterocycles.